The summed E-state index contributed by atoms with van der Waals surface area (Å²) in [6.45, 7) is 3.58. The summed E-state index contributed by atoms with van der Waals surface area (Å²) in [5.41, 5.74) is 0. The molecule has 1 aliphatic heterocycles. The number of rotatable bonds is 27. The fourth-order valence-corrected chi connectivity index (χ4v) is 5.31. The highest BCUT2D eigenvalue weighted by Crippen LogP contribution is 2.22. The van der Waals surface area contributed by atoms with E-state index in [-0.39, 0.29) is 12.5 Å². The first-order chi connectivity index (χ1) is 21.8. The summed E-state index contributed by atoms with van der Waals surface area (Å²) < 4.78 is 11.1. The molecular formula is C36H65NO8. The van der Waals surface area contributed by atoms with E-state index >= 15 is 0 Å². The number of allylic oxidation sites excluding steroid dienone is 5. The second-order valence-electron chi connectivity index (χ2n) is 12.3. The van der Waals surface area contributed by atoms with E-state index in [1.54, 1.807) is 6.08 Å². The first kappa shape index (κ1) is 41.4. The molecule has 1 fully saturated rings. The Morgan fingerprint density at radius 3 is 1.84 bits per heavy atom. The number of aliphatic hydroxyl groups is 5. The normalized spacial score (nSPS) is 23.8. The molecule has 0 aromatic heterocycles. The molecule has 1 amide bonds. The lowest BCUT2D eigenvalue weighted by Gasteiger charge is -2.40. The lowest BCUT2D eigenvalue weighted by Crippen LogP contribution is -2.60. The molecule has 0 aromatic rings. The van der Waals surface area contributed by atoms with Gasteiger partial charge in [0, 0.05) is 6.42 Å². The van der Waals surface area contributed by atoms with Crippen molar-refractivity contribution in [2.75, 3.05) is 13.2 Å². The van der Waals surface area contributed by atoms with E-state index < -0.39 is 49.5 Å². The molecule has 9 heteroatoms. The molecule has 0 saturated carbocycles. The molecule has 7 unspecified atom stereocenters. The minimum absolute atomic E-state index is 0.197. The third-order valence-corrected chi connectivity index (χ3v) is 8.21. The van der Waals surface area contributed by atoms with Crippen molar-refractivity contribution < 1.29 is 39.8 Å². The van der Waals surface area contributed by atoms with Gasteiger partial charge in [-0.1, -0.05) is 121 Å². The highest BCUT2D eigenvalue weighted by Gasteiger charge is 2.44. The molecule has 262 valence electrons. The molecular weight excluding hydrogens is 574 g/mol. The van der Waals surface area contributed by atoms with Crippen molar-refractivity contribution in [1.29, 1.82) is 0 Å². The molecule has 6 N–H and O–H groups in total. The maximum absolute atomic E-state index is 12.8. The Balaban J connectivity index is 2.52. The van der Waals surface area contributed by atoms with E-state index in [1.807, 2.05) is 6.08 Å². The molecule has 0 aliphatic carbocycles. The van der Waals surface area contributed by atoms with Gasteiger partial charge in [0.05, 0.1) is 25.4 Å². The van der Waals surface area contributed by atoms with Crippen LogP contribution in [0.25, 0.3) is 0 Å². The Morgan fingerprint density at radius 1 is 0.756 bits per heavy atom. The van der Waals surface area contributed by atoms with Gasteiger partial charge in [-0.15, -0.1) is 0 Å². The molecule has 45 heavy (non-hydrogen) atoms. The Bertz CT molecular complexity index is 802. The van der Waals surface area contributed by atoms with E-state index in [0.717, 1.165) is 51.4 Å². The van der Waals surface area contributed by atoms with Gasteiger partial charge in [0.15, 0.2) is 6.29 Å². The van der Waals surface area contributed by atoms with Gasteiger partial charge in [0.2, 0.25) is 5.91 Å². The maximum Gasteiger partial charge on any atom is 0.220 e. The summed E-state index contributed by atoms with van der Waals surface area (Å²) in [4.78, 5) is 12.8. The highest BCUT2D eigenvalue weighted by atomic mass is 16.7. The van der Waals surface area contributed by atoms with Crippen LogP contribution in [-0.2, 0) is 14.3 Å². The molecule has 1 heterocycles. The number of amides is 1. The first-order valence-corrected chi connectivity index (χ1v) is 17.7. The zero-order valence-electron chi connectivity index (χ0n) is 28.1. The van der Waals surface area contributed by atoms with E-state index in [0.29, 0.717) is 6.42 Å². The molecule has 0 bridgehead atoms. The van der Waals surface area contributed by atoms with Crippen LogP contribution in [0, 0.1) is 0 Å². The molecule has 9 nitrogen and oxygen atoms in total. The molecule has 1 saturated heterocycles. The van der Waals surface area contributed by atoms with E-state index in [4.69, 9.17) is 9.47 Å². The van der Waals surface area contributed by atoms with Crippen molar-refractivity contribution in [3.05, 3.63) is 36.5 Å². The fraction of sp³-hybridized carbons (Fsp3) is 0.806. The van der Waals surface area contributed by atoms with Gasteiger partial charge in [-0.25, -0.2) is 0 Å². The van der Waals surface area contributed by atoms with Crippen molar-refractivity contribution in [3.63, 3.8) is 0 Å². The first-order valence-electron chi connectivity index (χ1n) is 17.7. The smallest absolute Gasteiger partial charge is 0.220 e. The Kier molecular flexibility index (Phi) is 25.3. The van der Waals surface area contributed by atoms with Crippen LogP contribution in [0.15, 0.2) is 36.5 Å². The summed E-state index contributed by atoms with van der Waals surface area (Å²) in [5, 5.41) is 53.6. The lowest BCUT2D eigenvalue weighted by molar-refractivity contribution is -0.302. The number of unbranched alkanes of at least 4 members (excludes halogenated alkanes) is 13. The molecule has 1 rings (SSSR count). The van der Waals surface area contributed by atoms with Crippen molar-refractivity contribution in [2.24, 2.45) is 0 Å². The van der Waals surface area contributed by atoms with E-state index in [1.165, 1.54) is 57.8 Å². The maximum atomic E-state index is 12.8. The topological polar surface area (TPSA) is 149 Å². The summed E-state index contributed by atoms with van der Waals surface area (Å²) in [6, 6.07) is -0.820. The number of hydrogen-bond donors (Lipinski definition) is 6. The number of nitrogens with one attached hydrogen (secondary N) is 1. The predicted molar refractivity (Wildman–Crippen MR) is 180 cm³/mol. The van der Waals surface area contributed by atoms with Gasteiger partial charge in [0.1, 0.15) is 24.4 Å². The number of carbonyl (C=O) groups is 1. The van der Waals surface area contributed by atoms with Gasteiger partial charge >= 0.3 is 0 Å². The minimum Gasteiger partial charge on any atom is -0.394 e. The van der Waals surface area contributed by atoms with E-state index in [2.05, 4.69) is 43.5 Å². The Morgan fingerprint density at radius 2 is 1.29 bits per heavy atom. The summed E-state index contributed by atoms with van der Waals surface area (Å²) >= 11 is 0. The van der Waals surface area contributed by atoms with Crippen molar-refractivity contribution in [2.45, 2.75) is 172 Å². The molecule has 0 spiro atoms. The minimum atomic E-state index is -1.57. The van der Waals surface area contributed by atoms with Crippen molar-refractivity contribution in [3.8, 4) is 0 Å². The quantitative estimate of drug-likeness (QED) is 0.0519. The third-order valence-electron chi connectivity index (χ3n) is 8.21. The second kappa shape index (κ2) is 27.5. The van der Waals surface area contributed by atoms with Crippen LogP contribution in [0.3, 0.4) is 0 Å². The van der Waals surface area contributed by atoms with Crippen LogP contribution in [0.2, 0.25) is 0 Å². The summed E-state index contributed by atoms with van der Waals surface area (Å²) in [5.74, 6) is -0.197. The molecule has 0 radical (unpaired) electrons. The molecule has 1 aliphatic rings. The zero-order chi connectivity index (χ0) is 33.1. The van der Waals surface area contributed by atoms with Crippen LogP contribution < -0.4 is 5.32 Å². The van der Waals surface area contributed by atoms with Gasteiger partial charge in [0.25, 0.3) is 0 Å². The number of aliphatic hydroxyl groups excluding tert-OH is 5. The van der Waals surface area contributed by atoms with Gasteiger partial charge in [-0.3, -0.25) is 4.79 Å². The Labute approximate surface area is 272 Å². The zero-order valence-corrected chi connectivity index (χ0v) is 28.1. The van der Waals surface area contributed by atoms with Crippen LogP contribution in [-0.4, -0.2) is 87.5 Å². The van der Waals surface area contributed by atoms with Crippen LogP contribution in [0.1, 0.15) is 129 Å². The highest BCUT2D eigenvalue weighted by molar-refractivity contribution is 5.76. The van der Waals surface area contributed by atoms with Crippen molar-refractivity contribution >= 4 is 5.91 Å². The van der Waals surface area contributed by atoms with Gasteiger partial charge in [-0.2, -0.15) is 0 Å². The van der Waals surface area contributed by atoms with Crippen LogP contribution in [0.4, 0.5) is 0 Å². The van der Waals surface area contributed by atoms with Crippen molar-refractivity contribution in [1.82, 2.24) is 5.32 Å². The number of hydrogen-bond acceptors (Lipinski definition) is 8. The van der Waals surface area contributed by atoms with Gasteiger partial charge < -0.3 is 40.3 Å². The summed E-state index contributed by atoms with van der Waals surface area (Å²) in [7, 11) is 0. The second-order valence-corrected chi connectivity index (χ2v) is 12.3. The standard InChI is InChI=1S/C36H65NO8/c1-3-5-7-9-11-13-15-16-18-20-22-24-26-32(40)37-29(28-44-36-35(43)34(42)33(41)31(27-38)45-36)30(39)25-23-21-19-17-14-12-10-8-6-4-2/h6,8,14,17,23,25,29-31,33-36,38-39,41-43H,3-5,7,9-13,15-16,18-22,24,26-28H2,1-2H3,(H,37,40)/b8-6+,17-14+,25-23+. The number of carbonyl (C=O) groups excluding carboxylic acids is 1. The fourth-order valence-electron chi connectivity index (χ4n) is 5.31. The molecule has 0 aromatic carbocycles. The van der Waals surface area contributed by atoms with Crippen LogP contribution in [0.5, 0.6) is 0 Å². The SMILES string of the molecule is CC/C=C/CC/C=C/CC/C=C/C(O)C(COC1OC(CO)C(O)C(O)C1O)NC(=O)CCCCCCCCCCCCCC. The monoisotopic (exact) mass is 639 g/mol. The van der Waals surface area contributed by atoms with Gasteiger partial charge in [-0.05, 0) is 38.5 Å². The summed E-state index contributed by atoms with van der Waals surface area (Å²) in [6.07, 6.45) is 23.4. The largest absolute Gasteiger partial charge is 0.394 e. The predicted octanol–water partition coefficient (Wildman–Crippen LogP) is 5.38. The average molecular weight is 640 g/mol. The van der Waals surface area contributed by atoms with Crippen LogP contribution >= 0.6 is 0 Å². The lowest BCUT2D eigenvalue weighted by atomic mass is 9.99. The average Bonchev–Trinajstić information content (AvgIpc) is 3.04. The third kappa shape index (κ3) is 19.6. The van der Waals surface area contributed by atoms with E-state index in [9.17, 15) is 30.3 Å². The molecule has 7 atom stereocenters. The Hall–Kier alpha value is -1.59. The number of ether oxygens (including phenoxy) is 2.